The molecule has 0 spiro atoms. The van der Waals surface area contributed by atoms with Crippen molar-refractivity contribution in [3.63, 3.8) is 0 Å². The molecule has 0 saturated heterocycles. The lowest BCUT2D eigenvalue weighted by Gasteiger charge is -2.12. The van der Waals surface area contributed by atoms with Crippen molar-refractivity contribution in [2.75, 3.05) is 0 Å². The molecule has 3 aromatic rings. The average Bonchev–Trinajstić information content (AvgIpc) is 2.64. The van der Waals surface area contributed by atoms with E-state index >= 15 is 0 Å². The van der Waals surface area contributed by atoms with Crippen LogP contribution < -0.4 is 10.3 Å². The van der Waals surface area contributed by atoms with Gasteiger partial charge in [0.25, 0.3) is 5.56 Å². The van der Waals surface area contributed by atoms with Gasteiger partial charge in [0.05, 0.1) is 13.2 Å². The Labute approximate surface area is 139 Å². The Morgan fingerprint density at radius 2 is 1.58 bits per heavy atom. The van der Waals surface area contributed by atoms with Crippen LogP contribution in [0.5, 0.6) is 5.88 Å². The van der Waals surface area contributed by atoms with Gasteiger partial charge in [0, 0.05) is 0 Å². The summed E-state index contributed by atoms with van der Waals surface area (Å²) in [6.07, 6.45) is 1.45. The van der Waals surface area contributed by atoms with Crippen molar-refractivity contribution >= 4 is 0 Å². The third-order valence-electron chi connectivity index (χ3n) is 3.66. The normalized spacial score (nSPS) is 10.5. The monoisotopic (exact) mass is 322 g/mol. The first-order valence-electron chi connectivity index (χ1n) is 7.68. The minimum Gasteiger partial charge on any atom is -0.472 e. The summed E-state index contributed by atoms with van der Waals surface area (Å²) in [5.41, 5.74) is 1.84. The van der Waals surface area contributed by atoms with Crippen molar-refractivity contribution in [3.05, 3.63) is 94.0 Å². The van der Waals surface area contributed by atoms with E-state index in [9.17, 15) is 9.90 Å². The smallest absolute Gasteiger partial charge is 0.263 e. The van der Waals surface area contributed by atoms with Crippen LogP contribution in [0.4, 0.5) is 0 Å². The molecular weight excluding hydrogens is 304 g/mol. The number of hydrogen-bond donors (Lipinski definition) is 1. The molecule has 0 fully saturated rings. The Bertz CT molecular complexity index is 845. The molecule has 0 bridgehead atoms. The summed E-state index contributed by atoms with van der Waals surface area (Å²) >= 11 is 0. The Morgan fingerprint density at radius 3 is 2.21 bits per heavy atom. The van der Waals surface area contributed by atoms with E-state index in [2.05, 4.69) is 4.98 Å². The summed E-state index contributed by atoms with van der Waals surface area (Å²) in [4.78, 5) is 16.7. The largest absolute Gasteiger partial charge is 0.472 e. The third kappa shape index (κ3) is 3.70. The van der Waals surface area contributed by atoms with Gasteiger partial charge in [0.15, 0.2) is 0 Å². The molecular formula is C19H18N2O3. The number of hydrogen-bond acceptors (Lipinski definition) is 4. The molecule has 0 amide bonds. The number of aromatic nitrogens is 2. The van der Waals surface area contributed by atoms with E-state index in [1.54, 1.807) is 0 Å². The fraction of sp³-hybridized carbons (Fsp3) is 0.158. The molecule has 0 aliphatic carbocycles. The highest BCUT2D eigenvalue weighted by Gasteiger charge is 2.12. The highest BCUT2D eigenvalue weighted by Crippen LogP contribution is 2.13. The molecule has 0 radical (unpaired) electrons. The van der Waals surface area contributed by atoms with Crippen LogP contribution in [0.3, 0.4) is 0 Å². The molecule has 0 unspecified atom stereocenters. The maximum Gasteiger partial charge on any atom is 0.263 e. The lowest BCUT2D eigenvalue weighted by atomic mass is 10.2. The predicted molar refractivity (Wildman–Crippen MR) is 90.7 cm³/mol. The zero-order valence-corrected chi connectivity index (χ0v) is 13.1. The SMILES string of the molecule is O=c1c(CO)c(OCc2ccccc2)ncn1Cc1ccccc1. The molecule has 0 atom stereocenters. The van der Waals surface area contributed by atoms with Crippen molar-refractivity contribution in [1.29, 1.82) is 0 Å². The zero-order chi connectivity index (χ0) is 16.8. The average molecular weight is 322 g/mol. The first-order valence-corrected chi connectivity index (χ1v) is 7.68. The molecule has 2 aromatic carbocycles. The van der Waals surface area contributed by atoms with Gasteiger partial charge in [-0.2, -0.15) is 0 Å². The van der Waals surface area contributed by atoms with E-state index in [0.29, 0.717) is 13.2 Å². The van der Waals surface area contributed by atoms with Crippen molar-refractivity contribution in [2.24, 2.45) is 0 Å². The van der Waals surface area contributed by atoms with Gasteiger partial charge in [-0.15, -0.1) is 0 Å². The number of aliphatic hydroxyl groups is 1. The molecule has 1 heterocycles. The van der Waals surface area contributed by atoms with Gasteiger partial charge in [-0.05, 0) is 11.1 Å². The van der Waals surface area contributed by atoms with E-state index in [1.807, 2.05) is 60.7 Å². The highest BCUT2D eigenvalue weighted by atomic mass is 16.5. The fourth-order valence-corrected chi connectivity index (χ4v) is 2.40. The number of ether oxygens (including phenoxy) is 1. The first kappa shape index (κ1) is 16.0. The summed E-state index contributed by atoms with van der Waals surface area (Å²) in [6.45, 7) is 0.285. The Kier molecular flexibility index (Phi) is 5.03. The molecule has 122 valence electrons. The van der Waals surface area contributed by atoms with Crippen LogP contribution >= 0.6 is 0 Å². The van der Waals surface area contributed by atoms with Crippen LogP contribution in [0, 0.1) is 0 Å². The molecule has 24 heavy (non-hydrogen) atoms. The third-order valence-corrected chi connectivity index (χ3v) is 3.66. The van der Waals surface area contributed by atoms with Crippen LogP contribution in [-0.2, 0) is 19.8 Å². The van der Waals surface area contributed by atoms with Gasteiger partial charge in [-0.1, -0.05) is 60.7 Å². The van der Waals surface area contributed by atoms with E-state index in [4.69, 9.17) is 4.74 Å². The summed E-state index contributed by atoms with van der Waals surface area (Å²) in [5, 5.41) is 9.55. The van der Waals surface area contributed by atoms with E-state index in [0.717, 1.165) is 11.1 Å². The van der Waals surface area contributed by atoms with Crippen molar-refractivity contribution in [2.45, 2.75) is 19.8 Å². The predicted octanol–water partition coefficient (Wildman–Crippen LogP) is 2.36. The molecule has 1 N–H and O–H groups in total. The van der Waals surface area contributed by atoms with Crippen LogP contribution in [0.2, 0.25) is 0 Å². The summed E-state index contributed by atoms with van der Waals surface area (Å²) < 4.78 is 7.08. The molecule has 5 heteroatoms. The number of nitrogens with zero attached hydrogens (tertiary/aromatic N) is 2. The maximum absolute atomic E-state index is 12.5. The maximum atomic E-state index is 12.5. The molecule has 0 aliphatic rings. The minimum atomic E-state index is -0.411. The lowest BCUT2D eigenvalue weighted by Crippen LogP contribution is -2.26. The molecule has 5 nitrogen and oxygen atoms in total. The van der Waals surface area contributed by atoms with Gasteiger partial charge >= 0.3 is 0 Å². The van der Waals surface area contributed by atoms with E-state index in [1.165, 1.54) is 10.9 Å². The van der Waals surface area contributed by atoms with Crippen LogP contribution in [0.15, 0.2) is 71.8 Å². The molecule has 1 aromatic heterocycles. The number of benzene rings is 2. The summed E-state index contributed by atoms with van der Waals surface area (Å²) in [6, 6.07) is 19.2. The number of rotatable bonds is 6. The second-order valence-corrected chi connectivity index (χ2v) is 5.38. The second-order valence-electron chi connectivity index (χ2n) is 5.38. The van der Waals surface area contributed by atoms with E-state index < -0.39 is 6.61 Å². The van der Waals surface area contributed by atoms with Crippen LogP contribution in [-0.4, -0.2) is 14.7 Å². The van der Waals surface area contributed by atoms with Crippen LogP contribution in [0.25, 0.3) is 0 Å². The number of aliphatic hydroxyl groups excluding tert-OH is 1. The van der Waals surface area contributed by atoms with Gasteiger partial charge < -0.3 is 9.84 Å². The Balaban J connectivity index is 1.81. The Hall–Kier alpha value is -2.92. The van der Waals surface area contributed by atoms with Crippen molar-refractivity contribution in [1.82, 2.24) is 9.55 Å². The summed E-state index contributed by atoms with van der Waals surface area (Å²) in [5.74, 6) is 0.177. The molecule has 0 saturated carbocycles. The second kappa shape index (κ2) is 7.57. The fourth-order valence-electron chi connectivity index (χ4n) is 2.40. The van der Waals surface area contributed by atoms with Gasteiger partial charge in [-0.3, -0.25) is 9.36 Å². The summed E-state index contributed by atoms with van der Waals surface area (Å²) in [7, 11) is 0. The quantitative estimate of drug-likeness (QED) is 0.757. The van der Waals surface area contributed by atoms with Crippen LogP contribution in [0.1, 0.15) is 16.7 Å². The van der Waals surface area contributed by atoms with Gasteiger partial charge in [0.2, 0.25) is 5.88 Å². The Morgan fingerprint density at radius 1 is 0.958 bits per heavy atom. The van der Waals surface area contributed by atoms with E-state index in [-0.39, 0.29) is 17.0 Å². The first-order chi connectivity index (χ1) is 11.8. The van der Waals surface area contributed by atoms with Crippen molar-refractivity contribution < 1.29 is 9.84 Å². The minimum absolute atomic E-state index is 0.171. The van der Waals surface area contributed by atoms with Crippen molar-refractivity contribution in [3.8, 4) is 5.88 Å². The highest BCUT2D eigenvalue weighted by molar-refractivity contribution is 5.24. The zero-order valence-electron chi connectivity index (χ0n) is 13.1. The standard InChI is InChI=1S/C19H18N2O3/c22-12-17-18(24-13-16-9-5-2-6-10-16)20-14-21(19(17)23)11-15-7-3-1-4-8-15/h1-10,14,22H,11-13H2. The van der Waals surface area contributed by atoms with Gasteiger partial charge in [0.1, 0.15) is 18.5 Å². The topological polar surface area (TPSA) is 64.3 Å². The molecule has 0 aliphatic heterocycles. The molecule has 3 rings (SSSR count). The lowest BCUT2D eigenvalue weighted by molar-refractivity contribution is 0.248. The van der Waals surface area contributed by atoms with Gasteiger partial charge in [-0.25, -0.2) is 4.98 Å².